The number of nitrogens with two attached hydrogens (primary N) is 1. The van der Waals surface area contributed by atoms with Gasteiger partial charge in [0.25, 0.3) is 5.91 Å². The van der Waals surface area contributed by atoms with Crippen molar-refractivity contribution in [3.8, 4) is 5.75 Å². The van der Waals surface area contributed by atoms with Gasteiger partial charge in [-0.25, -0.2) is 0 Å². The van der Waals surface area contributed by atoms with E-state index in [0.29, 0.717) is 25.9 Å². The molecule has 7 nitrogen and oxygen atoms in total. The van der Waals surface area contributed by atoms with Gasteiger partial charge in [0, 0.05) is 34.3 Å². The van der Waals surface area contributed by atoms with Crippen LogP contribution in [0.5, 0.6) is 5.75 Å². The first-order valence-electron chi connectivity index (χ1n) is 14.5. The van der Waals surface area contributed by atoms with E-state index in [4.69, 9.17) is 22.2 Å². The van der Waals surface area contributed by atoms with Gasteiger partial charge in [0.05, 0.1) is 5.56 Å². The molecule has 12 heteroatoms. The first kappa shape index (κ1) is 33.2. The van der Waals surface area contributed by atoms with Crippen molar-refractivity contribution in [3.05, 3.63) is 128 Å². The van der Waals surface area contributed by atoms with Gasteiger partial charge in [-0.1, -0.05) is 72.3 Å². The number of hydrogen-bond acceptors (Lipinski definition) is 6. The number of alkyl halides is 3. The van der Waals surface area contributed by atoms with E-state index in [1.54, 1.807) is 48.2 Å². The van der Waals surface area contributed by atoms with Crippen LogP contribution in [0.4, 0.5) is 13.2 Å². The van der Waals surface area contributed by atoms with Gasteiger partial charge in [-0.3, -0.25) is 19.1 Å². The summed E-state index contributed by atoms with van der Waals surface area (Å²) in [6, 6.07) is 19.5. The lowest BCUT2D eigenvalue weighted by Crippen LogP contribution is -2.49. The Bertz CT molecular complexity index is 1830. The van der Waals surface area contributed by atoms with Crippen LogP contribution in [-0.4, -0.2) is 40.0 Å². The Hall–Kier alpha value is -4.22. The molecular weight excluding hydrogens is 639 g/mol. The van der Waals surface area contributed by atoms with E-state index in [2.05, 4.69) is 0 Å². The number of carbonyl (C=O) groups excluding carboxylic acids is 2. The minimum Gasteiger partial charge on any atom is -0.482 e. The van der Waals surface area contributed by atoms with E-state index >= 15 is 0 Å². The van der Waals surface area contributed by atoms with E-state index in [-0.39, 0.29) is 25.1 Å². The molecule has 5 rings (SSSR count). The van der Waals surface area contributed by atoms with Gasteiger partial charge in [0.15, 0.2) is 17.2 Å². The predicted molar refractivity (Wildman–Crippen MR) is 172 cm³/mol. The fourth-order valence-corrected chi connectivity index (χ4v) is 7.03. The zero-order valence-electron chi connectivity index (χ0n) is 25.0. The highest BCUT2D eigenvalue weighted by Crippen LogP contribution is 2.45. The minimum atomic E-state index is -4.81. The molecule has 0 spiro atoms. The number of fused-ring (bicyclic) bond motifs is 2. The van der Waals surface area contributed by atoms with Crippen LogP contribution < -0.4 is 16.0 Å². The van der Waals surface area contributed by atoms with Crippen molar-refractivity contribution < 1.29 is 27.5 Å². The third-order valence-corrected chi connectivity index (χ3v) is 9.50. The van der Waals surface area contributed by atoms with Crippen LogP contribution in [0.25, 0.3) is 0 Å². The Morgan fingerprint density at radius 3 is 2.48 bits per heavy atom. The number of benzene rings is 3. The summed E-state index contributed by atoms with van der Waals surface area (Å²) in [7, 11) is 0. The molecule has 2 atom stereocenters. The van der Waals surface area contributed by atoms with Crippen LogP contribution in [0.15, 0.2) is 88.7 Å². The van der Waals surface area contributed by atoms with Crippen molar-refractivity contribution in [1.29, 1.82) is 0 Å². The summed E-state index contributed by atoms with van der Waals surface area (Å²) in [5, 5.41) is 0.480. The Kier molecular flexibility index (Phi) is 9.83. The number of aromatic nitrogens is 1. The van der Waals surface area contributed by atoms with E-state index < -0.39 is 46.7 Å². The van der Waals surface area contributed by atoms with Gasteiger partial charge in [-0.2, -0.15) is 13.2 Å². The Morgan fingerprint density at radius 1 is 1.09 bits per heavy atom. The third kappa shape index (κ3) is 6.80. The van der Waals surface area contributed by atoms with Gasteiger partial charge in [-0.05, 0) is 54.7 Å². The maximum absolute atomic E-state index is 14.4. The molecule has 4 aromatic rings. The molecule has 0 fully saturated rings. The van der Waals surface area contributed by atoms with Crippen molar-refractivity contribution in [2.24, 2.45) is 0 Å². The minimum absolute atomic E-state index is 0.0843. The molecule has 2 heterocycles. The highest BCUT2D eigenvalue weighted by molar-refractivity contribution is 7.98. The molecule has 0 aliphatic carbocycles. The summed E-state index contributed by atoms with van der Waals surface area (Å²) in [4.78, 5) is 41.5. The van der Waals surface area contributed by atoms with Crippen molar-refractivity contribution in [2.45, 2.75) is 55.7 Å². The van der Waals surface area contributed by atoms with Crippen LogP contribution in [0.3, 0.4) is 0 Å². The number of ketones is 1. The van der Waals surface area contributed by atoms with Crippen molar-refractivity contribution in [1.82, 2.24) is 9.58 Å². The number of amides is 1. The molecule has 1 aromatic heterocycles. The number of rotatable bonds is 9. The molecule has 1 aliphatic rings. The van der Waals surface area contributed by atoms with E-state index in [9.17, 15) is 27.6 Å². The number of thioether (sulfide) groups is 1. The van der Waals surface area contributed by atoms with E-state index in [1.165, 1.54) is 0 Å². The largest absolute Gasteiger partial charge is 0.482 e. The van der Waals surface area contributed by atoms with Crippen molar-refractivity contribution in [3.63, 3.8) is 0 Å². The molecule has 0 radical (unpaired) electrons. The predicted octanol–water partition coefficient (Wildman–Crippen LogP) is 7.22. The highest BCUT2D eigenvalue weighted by atomic mass is 35.5. The van der Waals surface area contributed by atoms with Crippen LogP contribution >= 0.6 is 23.4 Å². The molecule has 1 aliphatic heterocycles. The Morgan fingerprint density at radius 2 is 1.78 bits per heavy atom. The molecule has 0 saturated carbocycles. The van der Waals surface area contributed by atoms with Gasteiger partial charge < -0.3 is 15.5 Å². The van der Waals surface area contributed by atoms with Crippen LogP contribution in [0.1, 0.15) is 69.3 Å². The maximum atomic E-state index is 14.4. The van der Waals surface area contributed by atoms with Crippen LogP contribution in [-0.2, 0) is 12.4 Å². The lowest BCUT2D eigenvalue weighted by molar-refractivity contribution is -0.172. The van der Waals surface area contributed by atoms with Gasteiger partial charge in [-0.15, -0.1) is 11.8 Å². The fourth-order valence-electron chi connectivity index (χ4n) is 5.59. The summed E-state index contributed by atoms with van der Waals surface area (Å²) < 4.78 is 49.6. The van der Waals surface area contributed by atoms with Crippen LogP contribution in [0, 0.1) is 0 Å². The number of halogens is 4. The summed E-state index contributed by atoms with van der Waals surface area (Å²) in [5.41, 5.74) is 1.35. The summed E-state index contributed by atoms with van der Waals surface area (Å²) in [6.07, 6.45) is -3.79. The molecule has 0 bridgehead atoms. The van der Waals surface area contributed by atoms with Gasteiger partial charge >= 0.3 is 6.18 Å². The second-order valence-corrected chi connectivity index (χ2v) is 12.4. The zero-order valence-corrected chi connectivity index (χ0v) is 26.6. The Balaban J connectivity index is 1.58. The SMILES string of the molecule is CC(=O)c1cn(N)c(C(=O)N(CC[C@@H]2c3ccccc3SCc3cccc(Cl)c32)[C@H](C)C(F)(F)F)c(OCc2ccccc2)c1=O. The average molecular weight is 670 g/mol. The molecule has 240 valence electrons. The lowest BCUT2D eigenvalue weighted by Gasteiger charge is -2.33. The quantitative estimate of drug-likeness (QED) is 0.149. The first-order chi connectivity index (χ1) is 21.9. The Labute approximate surface area is 273 Å². The molecule has 0 unspecified atom stereocenters. The zero-order chi connectivity index (χ0) is 33.2. The molecular formula is C34H31ClF3N3O4S. The average Bonchev–Trinajstić information content (AvgIpc) is 3.18. The molecule has 46 heavy (non-hydrogen) atoms. The number of nitrogens with zero attached hydrogens (tertiary/aromatic N) is 2. The molecule has 0 saturated heterocycles. The summed E-state index contributed by atoms with van der Waals surface area (Å²) in [5.74, 6) is 3.92. The smallest absolute Gasteiger partial charge is 0.408 e. The van der Waals surface area contributed by atoms with Gasteiger partial charge in [0.2, 0.25) is 5.43 Å². The fraction of sp³-hybridized carbons (Fsp3) is 0.265. The number of carbonyl (C=O) groups is 2. The first-order valence-corrected chi connectivity index (χ1v) is 15.8. The second-order valence-electron chi connectivity index (χ2n) is 11.0. The number of hydrogen-bond donors (Lipinski definition) is 1. The summed E-state index contributed by atoms with van der Waals surface area (Å²) in [6.45, 7) is 1.46. The molecule has 1 amide bonds. The number of nitrogen functional groups attached to an aromatic ring is 1. The standard InChI is InChI=1S/C34H31ClF3N3O4S/c1-20(42)26-17-41(39)30(32(31(26)43)45-18-22-9-4-3-5-10-22)33(44)40(21(2)34(36,37)38)16-15-25-24-12-6-7-14-28(24)46-19-23-11-8-13-27(35)29(23)25/h3-14,17,21,25H,15-16,18-19,39H2,1-2H3/t21-,25-/m1/s1. The number of ether oxygens (including phenoxy) is 1. The van der Waals surface area contributed by atoms with Crippen molar-refractivity contribution >= 4 is 35.1 Å². The number of pyridine rings is 1. The third-order valence-electron chi connectivity index (χ3n) is 8.03. The van der Waals surface area contributed by atoms with E-state index in [1.807, 2.05) is 36.4 Å². The van der Waals surface area contributed by atoms with E-state index in [0.717, 1.165) is 41.6 Å². The van der Waals surface area contributed by atoms with Crippen molar-refractivity contribution in [2.75, 3.05) is 12.4 Å². The topological polar surface area (TPSA) is 94.6 Å². The van der Waals surface area contributed by atoms with Crippen LogP contribution in [0.2, 0.25) is 5.02 Å². The molecule has 2 N–H and O–H groups in total. The lowest BCUT2D eigenvalue weighted by atomic mass is 9.85. The second kappa shape index (κ2) is 13.6. The normalized spacial score (nSPS) is 14.9. The summed E-state index contributed by atoms with van der Waals surface area (Å²) >= 11 is 8.31. The van der Waals surface area contributed by atoms with Gasteiger partial charge in [0.1, 0.15) is 12.6 Å². The highest BCUT2D eigenvalue weighted by Gasteiger charge is 2.44. The maximum Gasteiger partial charge on any atom is 0.408 e. The number of Topliss-reactive ketones (excluding diaryl/α,β-unsaturated/α-hetero) is 1. The molecule has 3 aromatic carbocycles. The monoisotopic (exact) mass is 669 g/mol.